The van der Waals surface area contributed by atoms with E-state index in [-0.39, 0.29) is 5.91 Å². The van der Waals surface area contributed by atoms with Crippen LogP contribution in [0.1, 0.15) is 6.42 Å². The van der Waals surface area contributed by atoms with Gasteiger partial charge in [-0.25, -0.2) is 4.99 Å². The highest BCUT2D eigenvalue weighted by molar-refractivity contribution is 8.15. The summed E-state index contributed by atoms with van der Waals surface area (Å²) in [6.45, 7) is 1.57. The van der Waals surface area contributed by atoms with E-state index in [9.17, 15) is 4.79 Å². The summed E-state index contributed by atoms with van der Waals surface area (Å²) in [4.78, 5) is 14.7. The van der Waals surface area contributed by atoms with Crippen LogP contribution < -0.4 is 0 Å². The fourth-order valence-electron chi connectivity index (χ4n) is 1.26. The zero-order chi connectivity index (χ0) is 7.68. The van der Waals surface area contributed by atoms with E-state index in [0.29, 0.717) is 11.7 Å². The van der Waals surface area contributed by atoms with Gasteiger partial charge in [0.15, 0.2) is 0 Å². The number of carbonyl (C=O) groups is 1. The molecule has 2 aliphatic heterocycles. The molecule has 0 spiro atoms. The Hall–Kier alpha value is -0.350. The van der Waals surface area contributed by atoms with Crippen molar-refractivity contribution in [3.05, 3.63) is 0 Å². The van der Waals surface area contributed by atoms with E-state index in [1.54, 1.807) is 11.8 Å². The summed E-state index contributed by atoms with van der Waals surface area (Å²) in [5.74, 6) is 0.953. The van der Waals surface area contributed by atoms with Gasteiger partial charge in [0, 0.05) is 12.5 Å². The van der Waals surface area contributed by atoms with Crippen molar-refractivity contribution in [3.8, 4) is 0 Å². The highest BCUT2D eigenvalue weighted by Gasteiger charge is 2.26. The van der Waals surface area contributed by atoms with E-state index in [2.05, 4.69) is 4.99 Å². The number of thioether (sulfide) groups is 1. The third-order valence-electron chi connectivity index (χ3n) is 1.86. The second-order valence-electron chi connectivity index (χ2n) is 2.69. The highest BCUT2D eigenvalue weighted by Crippen LogP contribution is 2.25. The molecule has 0 aromatic carbocycles. The van der Waals surface area contributed by atoms with Gasteiger partial charge in [-0.1, -0.05) is 0 Å². The Morgan fingerprint density at radius 1 is 1.64 bits per heavy atom. The van der Waals surface area contributed by atoms with Crippen LogP contribution in [0.25, 0.3) is 0 Å². The lowest BCUT2D eigenvalue weighted by molar-refractivity contribution is -0.115. The van der Waals surface area contributed by atoms with Gasteiger partial charge < -0.3 is 4.74 Å². The number of nitrogens with zero attached hydrogens (tertiary/aromatic N) is 1. The number of carbonyl (C=O) groups excluding carboxylic acids is 1. The first-order valence-electron chi connectivity index (χ1n) is 3.68. The molecule has 1 amide bonds. The molecule has 2 heterocycles. The van der Waals surface area contributed by atoms with E-state index < -0.39 is 0 Å². The van der Waals surface area contributed by atoms with E-state index >= 15 is 0 Å². The monoisotopic (exact) mass is 171 g/mol. The Morgan fingerprint density at radius 3 is 3.09 bits per heavy atom. The summed E-state index contributed by atoms with van der Waals surface area (Å²) >= 11 is 1.57. The van der Waals surface area contributed by atoms with Crippen molar-refractivity contribution in [2.75, 3.05) is 19.0 Å². The van der Waals surface area contributed by atoms with Gasteiger partial charge in [-0.2, -0.15) is 0 Å². The van der Waals surface area contributed by atoms with Gasteiger partial charge in [-0.05, 0) is 6.42 Å². The summed E-state index contributed by atoms with van der Waals surface area (Å²) in [6.07, 6.45) is 1.03. The lowest BCUT2D eigenvalue weighted by atomic mass is 10.1. The van der Waals surface area contributed by atoms with Crippen molar-refractivity contribution in [2.24, 2.45) is 10.9 Å². The molecule has 0 bridgehead atoms. The molecule has 3 nitrogen and oxygen atoms in total. The first-order chi connectivity index (χ1) is 5.36. The van der Waals surface area contributed by atoms with Gasteiger partial charge in [0.05, 0.1) is 17.4 Å². The molecule has 1 atom stereocenters. The Kier molecular flexibility index (Phi) is 1.96. The molecular formula is C7H9NO2S. The topological polar surface area (TPSA) is 38.7 Å². The summed E-state index contributed by atoms with van der Waals surface area (Å²) in [7, 11) is 0. The third-order valence-corrected chi connectivity index (χ3v) is 2.97. The summed E-state index contributed by atoms with van der Waals surface area (Å²) in [6, 6.07) is 0. The first-order valence-corrected chi connectivity index (χ1v) is 4.67. The minimum atomic E-state index is 0.0110. The number of hydrogen-bond acceptors (Lipinski definition) is 3. The maximum atomic E-state index is 10.8. The number of hydrogen-bond donors (Lipinski definition) is 0. The standard InChI is InChI=1S/C7H9NO2S/c9-6-4-11-7(8-6)5-1-2-10-3-5/h5H,1-4H2. The maximum Gasteiger partial charge on any atom is 0.256 e. The molecule has 1 unspecified atom stereocenters. The molecular weight excluding hydrogens is 162 g/mol. The maximum absolute atomic E-state index is 10.8. The Bertz CT molecular complexity index is 208. The quantitative estimate of drug-likeness (QED) is 0.582. The van der Waals surface area contributed by atoms with Crippen LogP contribution in [0.3, 0.4) is 0 Å². The lowest BCUT2D eigenvalue weighted by Gasteiger charge is -2.03. The second kappa shape index (κ2) is 2.95. The van der Waals surface area contributed by atoms with Crippen LogP contribution in [0.5, 0.6) is 0 Å². The minimum absolute atomic E-state index is 0.0110. The van der Waals surface area contributed by atoms with Crippen molar-refractivity contribution in [1.82, 2.24) is 0 Å². The molecule has 60 valence electrons. The van der Waals surface area contributed by atoms with E-state index in [1.165, 1.54) is 0 Å². The minimum Gasteiger partial charge on any atom is -0.381 e. The molecule has 0 N–H and O–H groups in total. The highest BCUT2D eigenvalue weighted by atomic mass is 32.2. The van der Waals surface area contributed by atoms with Crippen LogP contribution in [0.15, 0.2) is 4.99 Å². The van der Waals surface area contributed by atoms with E-state index in [1.807, 2.05) is 0 Å². The van der Waals surface area contributed by atoms with Crippen LogP contribution >= 0.6 is 11.8 Å². The van der Waals surface area contributed by atoms with Crippen LogP contribution in [0.4, 0.5) is 0 Å². The first kappa shape index (κ1) is 7.31. The summed E-state index contributed by atoms with van der Waals surface area (Å²) in [5.41, 5.74) is 0. The lowest BCUT2D eigenvalue weighted by Crippen LogP contribution is -2.08. The predicted octanol–water partition coefficient (Wildman–Crippen LogP) is 0.695. The van der Waals surface area contributed by atoms with Crippen LogP contribution in [0, 0.1) is 5.92 Å². The fraction of sp³-hybridized carbons (Fsp3) is 0.714. The van der Waals surface area contributed by atoms with Gasteiger partial charge in [-0.15, -0.1) is 11.8 Å². The average Bonchev–Trinajstić information content (AvgIpc) is 2.55. The molecule has 2 aliphatic rings. The normalized spacial score (nSPS) is 31.1. The zero-order valence-corrected chi connectivity index (χ0v) is 6.89. The Balaban J connectivity index is 2.04. The number of rotatable bonds is 1. The molecule has 1 fully saturated rings. The van der Waals surface area contributed by atoms with Crippen molar-refractivity contribution in [2.45, 2.75) is 6.42 Å². The molecule has 0 aromatic heterocycles. The predicted molar refractivity (Wildman–Crippen MR) is 43.8 cm³/mol. The Morgan fingerprint density at radius 2 is 2.55 bits per heavy atom. The number of aliphatic imine (C=N–C) groups is 1. The van der Waals surface area contributed by atoms with Crippen LogP contribution in [-0.2, 0) is 9.53 Å². The summed E-state index contributed by atoms with van der Waals surface area (Å²) < 4.78 is 5.20. The Labute approximate surface area is 69.2 Å². The van der Waals surface area contributed by atoms with Gasteiger partial charge in [0.1, 0.15) is 0 Å². The molecule has 2 rings (SSSR count). The van der Waals surface area contributed by atoms with E-state index in [4.69, 9.17) is 4.74 Å². The second-order valence-corrected chi connectivity index (χ2v) is 3.69. The van der Waals surface area contributed by atoms with Gasteiger partial charge in [0.2, 0.25) is 0 Å². The number of amides is 1. The molecule has 0 aliphatic carbocycles. The van der Waals surface area contributed by atoms with Crippen molar-refractivity contribution < 1.29 is 9.53 Å². The van der Waals surface area contributed by atoms with Crippen molar-refractivity contribution in [1.29, 1.82) is 0 Å². The van der Waals surface area contributed by atoms with Crippen LogP contribution in [-0.4, -0.2) is 29.9 Å². The largest absolute Gasteiger partial charge is 0.381 e. The summed E-state index contributed by atoms with van der Waals surface area (Å²) in [5, 5.41) is 0.993. The molecule has 0 saturated carbocycles. The molecule has 11 heavy (non-hydrogen) atoms. The van der Waals surface area contributed by atoms with Crippen LogP contribution in [0.2, 0.25) is 0 Å². The van der Waals surface area contributed by atoms with Gasteiger partial charge >= 0.3 is 0 Å². The SMILES string of the molecule is O=C1CSC(C2CCOC2)=N1. The molecule has 1 saturated heterocycles. The smallest absolute Gasteiger partial charge is 0.256 e. The van der Waals surface area contributed by atoms with Crippen molar-refractivity contribution in [3.63, 3.8) is 0 Å². The third kappa shape index (κ3) is 1.46. The fourth-order valence-corrected chi connectivity index (χ4v) is 2.19. The van der Waals surface area contributed by atoms with Crippen molar-refractivity contribution >= 4 is 22.7 Å². The van der Waals surface area contributed by atoms with Gasteiger partial charge in [0.25, 0.3) is 5.91 Å². The zero-order valence-electron chi connectivity index (χ0n) is 6.08. The number of ether oxygens (including phenoxy) is 1. The molecule has 4 heteroatoms. The van der Waals surface area contributed by atoms with Gasteiger partial charge in [-0.3, -0.25) is 4.79 Å². The average molecular weight is 171 g/mol. The molecule has 0 aromatic rings. The van der Waals surface area contributed by atoms with E-state index in [0.717, 1.165) is 24.7 Å². The molecule has 0 radical (unpaired) electrons.